The third-order valence-corrected chi connectivity index (χ3v) is 3.68. The monoisotopic (exact) mass is 247 g/mol. The van der Waals surface area contributed by atoms with Crippen LogP contribution in [0, 0.1) is 12.8 Å². The van der Waals surface area contributed by atoms with E-state index >= 15 is 0 Å². The Kier molecular flexibility index (Phi) is 4.48. The predicted octanol–water partition coefficient (Wildman–Crippen LogP) is 2.47. The van der Waals surface area contributed by atoms with Crippen molar-refractivity contribution in [2.24, 2.45) is 5.92 Å². The quantitative estimate of drug-likeness (QED) is 0.856. The zero-order valence-corrected chi connectivity index (χ0v) is 11.8. The first-order chi connectivity index (χ1) is 8.66. The molecule has 1 fully saturated rings. The number of aryl methyl sites for hydroxylation is 1. The van der Waals surface area contributed by atoms with Crippen LogP contribution < -0.4 is 15.5 Å². The van der Waals surface area contributed by atoms with Gasteiger partial charge < -0.3 is 15.5 Å². The lowest BCUT2D eigenvalue weighted by atomic mass is 9.99. The summed E-state index contributed by atoms with van der Waals surface area (Å²) in [5, 5.41) is 7.03. The van der Waals surface area contributed by atoms with Crippen molar-refractivity contribution < 1.29 is 0 Å². The van der Waals surface area contributed by atoms with Crippen molar-refractivity contribution >= 4 is 11.4 Å². The molecule has 0 spiro atoms. The highest BCUT2D eigenvalue weighted by Crippen LogP contribution is 2.23. The fraction of sp³-hybridized carbons (Fsp3) is 0.600. The van der Waals surface area contributed by atoms with Crippen LogP contribution in [0.5, 0.6) is 0 Å². The molecule has 0 aliphatic carbocycles. The van der Waals surface area contributed by atoms with Gasteiger partial charge in [-0.15, -0.1) is 0 Å². The van der Waals surface area contributed by atoms with Crippen molar-refractivity contribution in [3.63, 3.8) is 0 Å². The molecule has 1 unspecified atom stereocenters. The first-order valence-electron chi connectivity index (χ1n) is 6.89. The molecular formula is C15H25N3. The van der Waals surface area contributed by atoms with Crippen LogP contribution in [0.3, 0.4) is 0 Å². The van der Waals surface area contributed by atoms with Gasteiger partial charge in [0.15, 0.2) is 0 Å². The van der Waals surface area contributed by atoms with E-state index in [1.807, 2.05) is 0 Å². The van der Waals surface area contributed by atoms with Crippen molar-refractivity contribution in [2.45, 2.75) is 19.8 Å². The summed E-state index contributed by atoms with van der Waals surface area (Å²) in [6.45, 7) is 5.57. The largest absolute Gasteiger partial charge is 0.385 e. The highest BCUT2D eigenvalue weighted by molar-refractivity contribution is 5.61. The van der Waals surface area contributed by atoms with Crippen molar-refractivity contribution in [1.29, 1.82) is 0 Å². The van der Waals surface area contributed by atoms with E-state index in [1.165, 1.54) is 36.3 Å². The molecule has 18 heavy (non-hydrogen) atoms. The molecule has 1 atom stereocenters. The SMILES string of the molecule is Cc1ccc(NCC2CCCNC2)cc1N(C)C. The van der Waals surface area contributed by atoms with Crippen LogP contribution in [-0.2, 0) is 0 Å². The normalized spacial score (nSPS) is 19.6. The summed E-state index contributed by atoms with van der Waals surface area (Å²) in [6, 6.07) is 6.61. The molecule has 1 aromatic rings. The average molecular weight is 247 g/mol. The zero-order chi connectivity index (χ0) is 13.0. The van der Waals surface area contributed by atoms with Gasteiger partial charge in [0, 0.05) is 32.0 Å². The van der Waals surface area contributed by atoms with Gasteiger partial charge >= 0.3 is 0 Å². The minimum atomic E-state index is 0.767. The summed E-state index contributed by atoms with van der Waals surface area (Å²) >= 11 is 0. The number of benzene rings is 1. The molecule has 0 radical (unpaired) electrons. The van der Waals surface area contributed by atoms with E-state index < -0.39 is 0 Å². The zero-order valence-electron chi connectivity index (χ0n) is 11.8. The van der Waals surface area contributed by atoms with Crippen LogP contribution in [0.15, 0.2) is 18.2 Å². The maximum atomic E-state index is 3.57. The van der Waals surface area contributed by atoms with Crippen molar-refractivity contribution in [3.8, 4) is 0 Å². The third kappa shape index (κ3) is 3.39. The molecule has 0 aromatic heterocycles. The highest BCUT2D eigenvalue weighted by Gasteiger charge is 2.12. The second-order valence-electron chi connectivity index (χ2n) is 5.49. The van der Waals surface area contributed by atoms with Gasteiger partial charge in [0.05, 0.1) is 0 Å². The lowest BCUT2D eigenvalue weighted by Gasteiger charge is -2.24. The topological polar surface area (TPSA) is 27.3 Å². The smallest absolute Gasteiger partial charge is 0.0411 e. The molecule has 0 saturated carbocycles. The average Bonchev–Trinajstić information content (AvgIpc) is 2.38. The summed E-state index contributed by atoms with van der Waals surface area (Å²) in [4.78, 5) is 2.17. The molecule has 1 aliphatic heterocycles. The van der Waals surface area contributed by atoms with Gasteiger partial charge in [0.25, 0.3) is 0 Å². The Labute approximate surface area is 111 Å². The lowest BCUT2D eigenvalue weighted by molar-refractivity contribution is 0.393. The van der Waals surface area contributed by atoms with E-state index in [0.29, 0.717) is 0 Å². The van der Waals surface area contributed by atoms with E-state index in [0.717, 1.165) is 19.0 Å². The summed E-state index contributed by atoms with van der Waals surface area (Å²) < 4.78 is 0. The Morgan fingerprint density at radius 3 is 2.89 bits per heavy atom. The van der Waals surface area contributed by atoms with Crippen LogP contribution in [0.2, 0.25) is 0 Å². The predicted molar refractivity (Wildman–Crippen MR) is 79.6 cm³/mol. The summed E-state index contributed by atoms with van der Waals surface area (Å²) in [7, 11) is 4.19. The number of hydrogen-bond donors (Lipinski definition) is 2. The molecule has 1 saturated heterocycles. The van der Waals surface area contributed by atoms with Crippen LogP contribution >= 0.6 is 0 Å². The highest BCUT2D eigenvalue weighted by atomic mass is 15.1. The standard InChI is InChI=1S/C15H25N3/c1-12-6-7-14(9-15(12)18(2)3)17-11-13-5-4-8-16-10-13/h6-7,9,13,16-17H,4-5,8,10-11H2,1-3H3. The minimum absolute atomic E-state index is 0.767. The first-order valence-corrected chi connectivity index (χ1v) is 6.89. The molecule has 0 amide bonds. The number of piperidine rings is 1. The molecule has 2 N–H and O–H groups in total. The number of nitrogens with zero attached hydrogens (tertiary/aromatic N) is 1. The third-order valence-electron chi connectivity index (χ3n) is 3.68. The fourth-order valence-electron chi connectivity index (χ4n) is 2.56. The van der Waals surface area contributed by atoms with Gasteiger partial charge in [-0.2, -0.15) is 0 Å². The second-order valence-corrected chi connectivity index (χ2v) is 5.49. The summed E-state index contributed by atoms with van der Waals surface area (Å²) in [5.74, 6) is 0.767. The molecule has 0 bridgehead atoms. The van der Waals surface area contributed by atoms with Gasteiger partial charge in [0.2, 0.25) is 0 Å². The lowest BCUT2D eigenvalue weighted by Crippen LogP contribution is -2.33. The molecular weight excluding hydrogens is 222 g/mol. The van der Waals surface area contributed by atoms with E-state index in [9.17, 15) is 0 Å². The van der Waals surface area contributed by atoms with Gasteiger partial charge in [-0.3, -0.25) is 0 Å². The molecule has 100 valence electrons. The Morgan fingerprint density at radius 2 is 2.22 bits per heavy atom. The molecule has 2 rings (SSSR count). The fourth-order valence-corrected chi connectivity index (χ4v) is 2.56. The maximum Gasteiger partial charge on any atom is 0.0411 e. The Morgan fingerprint density at radius 1 is 1.39 bits per heavy atom. The molecule has 1 heterocycles. The Hall–Kier alpha value is -1.22. The van der Waals surface area contributed by atoms with E-state index in [-0.39, 0.29) is 0 Å². The first kappa shape index (κ1) is 13.2. The Balaban J connectivity index is 1.94. The van der Waals surface area contributed by atoms with Crippen LogP contribution in [-0.4, -0.2) is 33.7 Å². The summed E-state index contributed by atoms with van der Waals surface area (Å²) in [6.07, 6.45) is 2.65. The molecule has 1 aliphatic rings. The number of anilines is 2. The number of nitrogens with one attached hydrogen (secondary N) is 2. The summed E-state index contributed by atoms with van der Waals surface area (Å²) in [5.41, 5.74) is 3.85. The maximum absolute atomic E-state index is 3.57. The van der Waals surface area contributed by atoms with E-state index in [2.05, 4.69) is 54.8 Å². The van der Waals surface area contributed by atoms with Gasteiger partial charge in [-0.25, -0.2) is 0 Å². The Bertz CT molecular complexity index is 381. The van der Waals surface area contributed by atoms with E-state index in [4.69, 9.17) is 0 Å². The van der Waals surface area contributed by atoms with E-state index in [1.54, 1.807) is 0 Å². The van der Waals surface area contributed by atoms with Gasteiger partial charge in [-0.1, -0.05) is 6.07 Å². The van der Waals surface area contributed by atoms with Gasteiger partial charge in [0.1, 0.15) is 0 Å². The second kappa shape index (κ2) is 6.10. The van der Waals surface area contributed by atoms with Crippen molar-refractivity contribution in [3.05, 3.63) is 23.8 Å². The molecule has 3 nitrogen and oxygen atoms in total. The van der Waals surface area contributed by atoms with Gasteiger partial charge in [-0.05, 0) is 56.5 Å². The van der Waals surface area contributed by atoms with Crippen LogP contribution in [0.4, 0.5) is 11.4 Å². The number of rotatable bonds is 4. The number of hydrogen-bond acceptors (Lipinski definition) is 3. The molecule has 3 heteroatoms. The van der Waals surface area contributed by atoms with Crippen LogP contribution in [0.25, 0.3) is 0 Å². The minimum Gasteiger partial charge on any atom is -0.385 e. The van der Waals surface area contributed by atoms with Crippen LogP contribution in [0.1, 0.15) is 18.4 Å². The molecule has 1 aromatic carbocycles. The van der Waals surface area contributed by atoms with Crippen molar-refractivity contribution in [1.82, 2.24) is 5.32 Å². The van der Waals surface area contributed by atoms with Crippen molar-refractivity contribution in [2.75, 3.05) is 43.9 Å².